The summed E-state index contributed by atoms with van der Waals surface area (Å²) in [5.41, 5.74) is 0.898. The Labute approximate surface area is 116 Å². The molecule has 0 fully saturated rings. The quantitative estimate of drug-likeness (QED) is 0.929. The van der Waals surface area contributed by atoms with Crippen LogP contribution >= 0.6 is 39.0 Å². The number of hydrogen-bond acceptors (Lipinski definition) is 5. The molecule has 0 unspecified atom stereocenters. The van der Waals surface area contributed by atoms with E-state index in [0.29, 0.717) is 0 Å². The monoisotopic (exact) mass is 330 g/mol. The first-order valence-electron chi connectivity index (χ1n) is 5.01. The van der Waals surface area contributed by atoms with Crippen LogP contribution in [0.3, 0.4) is 0 Å². The van der Waals surface area contributed by atoms with E-state index in [4.69, 9.17) is 0 Å². The van der Waals surface area contributed by atoms with Crippen molar-refractivity contribution in [2.24, 2.45) is 0 Å². The Balaban J connectivity index is 2.22. The molecule has 1 aromatic carbocycles. The van der Waals surface area contributed by atoms with E-state index < -0.39 is 6.10 Å². The van der Waals surface area contributed by atoms with Crippen LogP contribution in [0.4, 0.5) is 0 Å². The summed E-state index contributed by atoms with van der Waals surface area (Å²) in [6, 6.07) is 5.83. The molecule has 90 valence electrons. The summed E-state index contributed by atoms with van der Waals surface area (Å²) in [4.78, 5) is 1.07. The number of aliphatic hydroxyl groups excluding tert-OH is 1. The van der Waals surface area contributed by atoms with Gasteiger partial charge in [-0.25, -0.2) is 0 Å². The molecule has 0 aliphatic heterocycles. The molecule has 0 aliphatic carbocycles. The van der Waals surface area contributed by atoms with Crippen LogP contribution in [0.2, 0.25) is 0 Å². The molecular formula is C11H11BrN2OS2. The molecule has 0 amide bonds. The summed E-state index contributed by atoms with van der Waals surface area (Å²) in [7, 11) is 0. The van der Waals surface area contributed by atoms with Crippen LogP contribution in [0, 0.1) is 6.92 Å². The molecule has 0 radical (unpaired) electrons. The first-order valence-corrected chi connectivity index (χ1v) is 7.44. The third-order valence-corrected chi connectivity index (χ3v) is 5.03. The van der Waals surface area contributed by atoms with Gasteiger partial charge in [0, 0.05) is 9.37 Å². The Kier molecular flexibility index (Phi) is 4.19. The molecule has 0 bridgehead atoms. The van der Waals surface area contributed by atoms with Crippen molar-refractivity contribution in [2.45, 2.75) is 29.2 Å². The normalized spacial score (nSPS) is 12.7. The highest BCUT2D eigenvalue weighted by Crippen LogP contribution is 2.36. The molecule has 2 rings (SSSR count). The maximum atomic E-state index is 9.48. The summed E-state index contributed by atoms with van der Waals surface area (Å²) in [5.74, 6) is 0. The molecule has 0 saturated heterocycles. The highest BCUT2D eigenvalue weighted by molar-refractivity contribution is 9.10. The largest absolute Gasteiger partial charge is 0.389 e. The highest BCUT2D eigenvalue weighted by Gasteiger charge is 2.09. The van der Waals surface area contributed by atoms with Gasteiger partial charge in [-0.3, -0.25) is 0 Å². The molecule has 1 N–H and O–H groups in total. The van der Waals surface area contributed by atoms with Gasteiger partial charge >= 0.3 is 0 Å². The molecule has 2 aromatic rings. The maximum Gasteiger partial charge on any atom is 0.179 e. The zero-order chi connectivity index (χ0) is 12.4. The molecule has 0 aliphatic rings. The van der Waals surface area contributed by atoms with Gasteiger partial charge in [0.1, 0.15) is 5.01 Å². The second kappa shape index (κ2) is 5.48. The van der Waals surface area contributed by atoms with Crippen LogP contribution < -0.4 is 0 Å². The number of nitrogens with zero attached hydrogens (tertiary/aromatic N) is 2. The standard InChI is InChI=1S/C11H11BrN2OS2/c1-6(15)8-3-4-10(9(12)5-8)17-11-14-13-7(2)16-11/h3-6,15H,1-2H3/t6-/m0/s1. The fourth-order valence-electron chi connectivity index (χ4n) is 1.27. The minimum absolute atomic E-state index is 0.450. The summed E-state index contributed by atoms with van der Waals surface area (Å²) < 4.78 is 1.89. The number of benzene rings is 1. The first-order chi connectivity index (χ1) is 8.06. The minimum Gasteiger partial charge on any atom is -0.389 e. The lowest BCUT2D eigenvalue weighted by atomic mass is 10.1. The van der Waals surface area contributed by atoms with Crippen molar-refractivity contribution < 1.29 is 5.11 Å². The molecule has 17 heavy (non-hydrogen) atoms. The Morgan fingerprint density at radius 2 is 2.18 bits per heavy atom. The summed E-state index contributed by atoms with van der Waals surface area (Å²) in [5, 5.41) is 18.5. The van der Waals surface area contributed by atoms with Crippen LogP contribution in [0.15, 0.2) is 31.9 Å². The molecule has 3 nitrogen and oxygen atoms in total. The SMILES string of the molecule is Cc1nnc(Sc2ccc([C@H](C)O)cc2Br)s1. The van der Waals surface area contributed by atoms with Gasteiger partial charge in [-0.15, -0.1) is 10.2 Å². The van der Waals surface area contributed by atoms with Gasteiger partial charge in [0.15, 0.2) is 4.34 Å². The lowest BCUT2D eigenvalue weighted by Gasteiger charge is -2.07. The van der Waals surface area contributed by atoms with Crippen molar-refractivity contribution >= 4 is 39.0 Å². The fraction of sp³-hybridized carbons (Fsp3) is 0.273. The predicted octanol–water partition coefficient (Wildman–Crippen LogP) is 3.81. The molecule has 0 spiro atoms. The average molecular weight is 331 g/mol. The van der Waals surface area contributed by atoms with E-state index in [2.05, 4.69) is 26.1 Å². The number of aryl methyl sites for hydroxylation is 1. The van der Waals surface area contributed by atoms with Gasteiger partial charge < -0.3 is 5.11 Å². The second-order valence-corrected chi connectivity index (χ2v) is 6.88. The number of hydrogen-bond donors (Lipinski definition) is 1. The fourth-order valence-corrected chi connectivity index (χ4v) is 3.69. The third kappa shape index (κ3) is 3.28. The number of halogens is 1. The number of aliphatic hydroxyl groups is 1. The van der Waals surface area contributed by atoms with Crippen molar-refractivity contribution in [3.05, 3.63) is 33.2 Å². The lowest BCUT2D eigenvalue weighted by Crippen LogP contribution is -1.90. The Hall–Kier alpha value is -0.430. The van der Waals surface area contributed by atoms with E-state index in [1.165, 1.54) is 0 Å². The Morgan fingerprint density at radius 1 is 1.41 bits per heavy atom. The van der Waals surface area contributed by atoms with E-state index in [0.717, 1.165) is 24.3 Å². The van der Waals surface area contributed by atoms with E-state index in [-0.39, 0.29) is 0 Å². The Bertz CT molecular complexity index is 528. The summed E-state index contributed by atoms with van der Waals surface area (Å²) >= 11 is 6.65. The lowest BCUT2D eigenvalue weighted by molar-refractivity contribution is 0.199. The Morgan fingerprint density at radius 3 is 2.71 bits per heavy atom. The zero-order valence-electron chi connectivity index (χ0n) is 9.35. The van der Waals surface area contributed by atoms with Crippen LogP contribution in [-0.4, -0.2) is 15.3 Å². The van der Waals surface area contributed by atoms with Crippen molar-refractivity contribution in [3.8, 4) is 0 Å². The molecule has 0 saturated carbocycles. The highest BCUT2D eigenvalue weighted by atomic mass is 79.9. The van der Waals surface area contributed by atoms with Gasteiger partial charge in [-0.2, -0.15) is 0 Å². The van der Waals surface area contributed by atoms with Crippen molar-refractivity contribution in [1.29, 1.82) is 0 Å². The van der Waals surface area contributed by atoms with Crippen LogP contribution in [0.25, 0.3) is 0 Å². The summed E-state index contributed by atoms with van der Waals surface area (Å²) in [6.07, 6.45) is -0.450. The van der Waals surface area contributed by atoms with Crippen LogP contribution in [-0.2, 0) is 0 Å². The smallest absolute Gasteiger partial charge is 0.179 e. The van der Waals surface area contributed by atoms with Gasteiger partial charge in [0.05, 0.1) is 6.10 Å². The van der Waals surface area contributed by atoms with Gasteiger partial charge in [-0.05, 0) is 47.5 Å². The predicted molar refractivity (Wildman–Crippen MR) is 73.5 cm³/mol. The van der Waals surface area contributed by atoms with Gasteiger partial charge in [0.25, 0.3) is 0 Å². The maximum absolute atomic E-state index is 9.48. The van der Waals surface area contributed by atoms with Crippen LogP contribution in [0.5, 0.6) is 0 Å². The van der Waals surface area contributed by atoms with Crippen LogP contribution in [0.1, 0.15) is 23.6 Å². The summed E-state index contributed by atoms with van der Waals surface area (Å²) in [6.45, 7) is 3.69. The molecule has 6 heteroatoms. The first kappa shape index (κ1) is 13.0. The van der Waals surface area contributed by atoms with Crippen molar-refractivity contribution in [3.63, 3.8) is 0 Å². The van der Waals surface area contributed by atoms with E-state index in [1.807, 2.05) is 25.1 Å². The number of aromatic nitrogens is 2. The van der Waals surface area contributed by atoms with Gasteiger partial charge in [-0.1, -0.05) is 29.2 Å². The van der Waals surface area contributed by atoms with Gasteiger partial charge in [0.2, 0.25) is 0 Å². The minimum atomic E-state index is -0.450. The average Bonchev–Trinajstić information content (AvgIpc) is 2.67. The molecule has 1 atom stereocenters. The topological polar surface area (TPSA) is 46.0 Å². The van der Waals surface area contributed by atoms with Crippen molar-refractivity contribution in [2.75, 3.05) is 0 Å². The van der Waals surface area contributed by atoms with E-state index >= 15 is 0 Å². The molecular weight excluding hydrogens is 320 g/mol. The third-order valence-electron chi connectivity index (χ3n) is 2.14. The zero-order valence-corrected chi connectivity index (χ0v) is 12.6. The number of rotatable bonds is 3. The molecule has 1 heterocycles. The second-order valence-electron chi connectivity index (χ2n) is 3.55. The van der Waals surface area contributed by atoms with E-state index in [9.17, 15) is 5.11 Å². The van der Waals surface area contributed by atoms with E-state index in [1.54, 1.807) is 30.0 Å². The molecule has 1 aromatic heterocycles. The van der Waals surface area contributed by atoms with Crippen molar-refractivity contribution in [1.82, 2.24) is 10.2 Å².